The minimum Gasteiger partial charge on any atom is -0.319 e. The number of carbonyl (C=O) groups is 2. The molecule has 0 aromatic rings. The standard InChI is InChI=1S/C6H9NO2/c1-6(7)3-4(8)2-5(6)9/h2-3,7H2,1H3/t6-/m1/s1. The summed E-state index contributed by atoms with van der Waals surface area (Å²) in [5.41, 5.74) is 4.58. The summed E-state index contributed by atoms with van der Waals surface area (Å²) >= 11 is 0. The monoisotopic (exact) mass is 127 g/mol. The molecule has 0 heterocycles. The van der Waals surface area contributed by atoms with Gasteiger partial charge in [0, 0.05) is 6.42 Å². The second-order valence-electron chi connectivity index (χ2n) is 2.73. The lowest BCUT2D eigenvalue weighted by Crippen LogP contribution is -2.40. The van der Waals surface area contributed by atoms with Crippen molar-refractivity contribution < 1.29 is 9.59 Å². The molecule has 3 heteroatoms. The topological polar surface area (TPSA) is 60.2 Å². The number of carbonyl (C=O) groups excluding carboxylic acids is 2. The lowest BCUT2D eigenvalue weighted by molar-refractivity contribution is -0.123. The minimum atomic E-state index is -0.864. The first-order valence-corrected chi connectivity index (χ1v) is 2.86. The van der Waals surface area contributed by atoms with E-state index < -0.39 is 5.54 Å². The van der Waals surface area contributed by atoms with Crippen LogP contribution in [0.3, 0.4) is 0 Å². The summed E-state index contributed by atoms with van der Waals surface area (Å²) in [5.74, 6) is -0.169. The Balaban J connectivity index is 2.81. The summed E-state index contributed by atoms with van der Waals surface area (Å²) in [6.45, 7) is 1.60. The largest absolute Gasteiger partial charge is 0.319 e. The predicted molar refractivity (Wildman–Crippen MR) is 31.8 cm³/mol. The van der Waals surface area contributed by atoms with Crippen molar-refractivity contribution in [2.75, 3.05) is 0 Å². The molecule has 0 saturated heterocycles. The molecule has 0 spiro atoms. The van der Waals surface area contributed by atoms with Crippen molar-refractivity contribution in [3.05, 3.63) is 0 Å². The van der Waals surface area contributed by atoms with E-state index in [9.17, 15) is 9.59 Å². The third-order valence-electron chi connectivity index (χ3n) is 1.56. The molecule has 0 aromatic heterocycles. The van der Waals surface area contributed by atoms with Crippen molar-refractivity contribution in [1.29, 1.82) is 0 Å². The quantitative estimate of drug-likeness (QED) is 0.452. The van der Waals surface area contributed by atoms with Crippen molar-refractivity contribution in [1.82, 2.24) is 0 Å². The first-order valence-electron chi connectivity index (χ1n) is 2.86. The second kappa shape index (κ2) is 1.64. The number of rotatable bonds is 0. The molecule has 0 unspecified atom stereocenters. The fraction of sp³-hybridized carbons (Fsp3) is 0.667. The average Bonchev–Trinajstić information content (AvgIpc) is 1.79. The van der Waals surface area contributed by atoms with E-state index in [0.29, 0.717) is 0 Å². The Morgan fingerprint density at radius 3 is 2.22 bits per heavy atom. The Hall–Kier alpha value is -0.700. The van der Waals surface area contributed by atoms with Gasteiger partial charge in [-0.2, -0.15) is 0 Å². The molecule has 1 rings (SSSR count). The molecule has 9 heavy (non-hydrogen) atoms. The van der Waals surface area contributed by atoms with Crippen LogP contribution in [0.1, 0.15) is 19.8 Å². The molecule has 1 atom stereocenters. The van der Waals surface area contributed by atoms with Crippen LogP contribution in [0.25, 0.3) is 0 Å². The van der Waals surface area contributed by atoms with Gasteiger partial charge in [0.15, 0.2) is 5.78 Å². The zero-order valence-electron chi connectivity index (χ0n) is 5.31. The highest BCUT2D eigenvalue weighted by Crippen LogP contribution is 2.19. The van der Waals surface area contributed by atoms with Crippen LogP contribution >= 0.6 is 0 Å². The number of ketones is 2. The minimum absolute atomic E-state index is 0.0347. The molecule has 1 saturated carbocycles. The lowest BCUT2D eigenvalue weighted by atomic mass is 10.0. The maximum absolute atomic E-state index is 10.8. The normalized spacial score (nSPS) is 35.8. The van der Waals surface area contributed by atoms with Gasteiger partial charge < -0.3 is 5.73 Å². The summed E-state index contributed by atoms with van der Waals surface area (Å²) in [4.78, 5) is 21.3. The SMILES string of the molecule is C[C@@]1(N)CC(=O)CC1=O. The van der Waals surface area contributed by atoms with Gasteiger partial charge in [0.05, 0.1) is 12.0 Å². The van der Waals surface area contributed by atoms with Gasteiger partial charge in [0.2, 0.25) is 0 Å². The van der Waals surface area contributed by atoms with Crippen molar-refractivity contribution in [3.63, 3.8) is 0 Å². The predicted octanol–water partition coefficient (Wildman–Crippen LogP) is -0.364. The lowest BCUT2D eigenvalue weighted by Gasteiger charge is -2.11. The third-order valence-corrected chi connectivity index (χ3v) is 1.56. The molecule has 50 valence electrons. The number of hydrogen-bond donors (Lipinski definition) is 1. The molecule has 0 radical (unpaired) electrons. The fourth-order valence-electron chi connectivity index (χ4n) is 0.952. The molecule has 0 amide bonds. The van der Waals surface area contributed by atoms with Gasteiger partial charge in [0.25, 0.3) is 0 Å². The summed E-state index contributed by atoms with van der Waals surface area (Å²) in [7, 11) is 0. The van der Waals surface area contributed by atoms with E-state index in [4.69, 9.17) is 5.73 Å². The highest BCUT2D eigenvalue weighted by Gasteiger charge is 2.38. The van der Waals surface area contributed by atoms with Crippen molar-refractivity contribution in [2.45, 2.75) is 25.3 Å². The molecule has 2 N–H and O–H groups in total. The van der Waals surface area contributed by atoms with E-state index in [1.165, 1.54) is 0 Å². The molecule has 1 fully saturated rings. The van der Waals surface area contributed by atoms with Gasteiger partial charge in [0.1, 0.15) is 5.78 Å². The summed E-state index contributed by atoms with van der Waals surface area (Å²) < 4.78 is 0. The van der Waals surface area contributed by atoms with Crippen LogP contribution < -0.4 is 5.73 Å². The van der Waals surface area contributed by atoms with E-state index in [2.05, 4.69) is 0 Å². The molecule has 1 aliphatic rings. The van der Waals surface area contributed by atoms with E-state index in [1.807, 2.05) is 0 Å². The Morgan fingerprint density at radius 1 is 1.56 bits per heavy atom. The van der Waals surface area contributed by atoms with Crippen LogP contribution in [-0.2, 0) is 9.59 Å². The molecule has 0 bridgehead atoms. The third kappa shape index (κ3) is 1.00. The van der Waals surface area contributed by atoms with Crippen LogP contribution in [-0.4, -0.2) is 17.1 Å². The molecule has 0 aromatic carbocycles. The van der Waals surface area contributed by atoms with Gasteiger partial charge in [-0.3, -0.25) is 9.59 Å². The van der Waals surface area contributed by atoms with Gasteiger partial charge in [-0.05, 0) is 6.92 Å². The number of nitrogens with two attached hydrogens (primary N) is 1. The highest BCUT2D eigenvalue weighted by atomic mass is 16.2. The average molecular weight is 127 g/mol. The molecular weight excluding hydrogens is 118 g/mol. The number of Topliss-reactive ketones (excluding diaryl/α,β-unsaturated/α-hetero) is 2. The Morgan fingerprint density at radius 2 is 2.11 bits per heavy atom. The molecular formula is C6H9NO2. The van der Waals surface area contributed by atoms with Crippen LogP contribution in [0.5, 0.6) is 0 Å². The Labute approximate surface area is 53.2 Å². The maximum Gasteiger partial charge on any atom is 0.160 e. The van der Waals surface area contributed by atoms with Gasteiger partial charge in [-0.25, -0.2) is 0 Å². The van der Waals surface area contributed by atoms with Gasteiger partial charge >= 0.3 is 0 Å². The maximum atomic E-state index is 10.8. The van der Waals surface area contributed by atoms with Crippen molar-refractivity contribution in [2.24, 2.45) is 5.73 Å². The van der Waals surface area contributed by atoms with Crippen LogP contribution in [0.15, 0.2) is 0 Å². The van der Waals surface area contributed by atoms with Crippen molar-refractivity contribution >= 4 is 11.6 Å². The van der Waals surface area contributed by atoms with Crippen LogP contribution in [0, 0.1) is 0 Å². The zero-order valence-corrected chi connectivity index (χ0v) is 5.31. The smallest absolute Gasteiger partial charge is 0.160 e. The van der Waals surface area contributed by atoms with Gasteiger partial charge in [-0.15, -0.1) is 0 Å². The van der Waals surface area contributed by atoms with Crippen LogP contribution in [0.4, 0.5) is 0 Å². The first-order chi connectivity index (χ1) is 4.02. The summed E-state index contributed by atoms with van der Waals surface area (Å²) in [6.07, 6.45) is 0.249. The molecule has 0 aliphatic heterocycles. The van der Waals surface area contributed by atoms with Crippen molar-refractivity contribution in [3.8, 4) is 0 Å². The Bertz CT molecular complexity index is 172. The summed E-state index contributed by atoms with van der Waals surface area (Å²) in [6, 6.07) is 0. The van der Waals surface area contributed by atoms with E-state index in [-0.39, 0.29) is 24.4 Å². The van der Waals surface area contributed by atoms with E-state index in [1.54, 1.807) is 6.92 Å². The molecule has 3 nitrogen and oxygen atoms in total. The van der Waals surface area contributed by atoms with Crippen LogP contribution in [0.2, 0.25) is 0 Å². The molecule has 1 aliphatic carbocycles. The van der Waals surface area contributed by atoms with E-state index >= 15 is 0 Å². The van der Waals surface area contributed by atoms with Gasteiger partial charge in [-0.1, -0.05) is 0 Å². The van der Waals surface area contributed by atoms with E-state index in [0.717, 1.165) is 0 Å². The number of hydrogen-bond acceptors (Lipinski definition) is 3. The first kappa shape index (κ1) is 6.42. The Kier molecular flexibility index (Phi) is 1.17. The fourth-order valence-corrected chi connectivity index (χ4v) is 0.952. The highest BCUT2D eigenvalue weighted by molar-refractivity contribution is 6.11. The summed E-state index contributed by atoms with van der Waals surface area (Å²) in [5, 5.41) is 0. The zero-order chi connectivity index (χ0) is 7.07. The second-order valence-corrected chi connectivity index (χ2v) is 2.73.